The maximum Gasteiger partial charge on any atom is 0.161 e. The van der Waals surface area contributed by atoms with E-state index in [2.05, 4.69) is 28.0 Å². The molecule has 0 spiro atoms. The van der Waals surface area contributed by atoms with E-state index in [0.717, 1.165) is 22.9 Å². The molecular weight excluding hydrogens is 336 g/mol. The summed E-state index contributed by atoms with van der Waals surface area (Å²) in [4.78, 5) is 0. The van der Waals surface area contributed by atoms with Gasteiger partial charge in [0, 0.05) is 16.1 Å². The van der Waals surface area contributed by atoms with Crippen LogP contribution in [0.5, 0.6) is 11.5 Å². The zero-order valence-corrected chi connectivity index (χ0v) is 13.9. The van der Waals surface area contributed by atoms with Crippen LogP contribution >= 0.6 is 15.9 Å². The van der Waals surface area contributed by atoms with E-state index in [1.807, 2.05) is 18.2 Å². The van der Waals surface area contributed by atoms with E-state index in [4.69, 9.17) is 19.7 Å². The lowest BCUT2D eigenvalue weighted by atomic mass is 10.1. The molecule has 0 aliphatic heterocycles. The first kappa shape index (κ1) is 15.9. The predicted octanol–water partition coefficient (Wildman–Crippen LogP) is 3.92. The van der Waals surface area contributed by atoms with Crippen molar-refractivity contribution in [1.82, 2.24) is 5.16 Å². The van der Waals surface area contributed by atoms with Gasteiger partial charge in [-0.25, -0.2) is 0 Å². The smallest absolute Gasteiger partial charge is 0.161 e. The van der Waals surface area contributed by atoms with Crippen molar-refractivity contribution in [1.29, 1.82) is 0 Å². The van der Waals surface area contributed by atoms with Crippen molar-refractivity contribution >= 4 is 15.9 Å². The van der Waals surface area contributed by atoms with Crippen LogP contribution < -0.4 is 15.2 Å². The minimum absolute atomic E-state index is 0.129. The highest BCUT2D eigenvalue weighted by Gasteiger charge is 2.17. The standard InChI is InChI=1S/C15H19BrN2O3/c1-4-5-11(17)13-8-12(18-21-13)9-6-14(19-2)15(20-3)7-10(9)16/h6-8,11H,4-5,17H2,1-3H3. The minimum atomic E-state index is -0.129. The summed E-state index contributed by atoms with van der Waals surface area (Å²) in [5.74, 6) is 1.98. The topological polar surface area (TPSA) is 70.5 Å². The normalized spacial score (nSPS) is 12.2. The number of aromatic nitrogens is 1. The molecule has 2 aromatic rings. The molecule has 0 saturated heterocycles. The maximum absolute atomic E-state index is 6.05. The summed E-state index contributed by atoms with van der Waals surface area (Å²) in [6, 6.07) is 5.44. The van der Waals surface area contributed by atoms with E-state index in [-0.39, 0.29) is 6.04 Å². The third-order valence-electron chi connectivity index (χ3n) is 3.24. The molecule has 0 fully saturated rings. The molecule has 0 aliphatic rings. The van der Waals surface area contributed by atoms with Crippen LogP contribution in [-0.4, -0.2) is 19.4 Å². The van der Waals surface area contributed by atoms with Gasteiger partial charge in [-0.2, -0.15) is 0 Å². The largest absolute Gasteiger partial charge is 0.493 e. The van der Waals surface area contributed by atoms with E-state index in [0.29, 0.717) is 23.0 Å². The number of benzene rings is 1. The fraction of sp³-hybridized carbons (Fsp3) is 0.400. The van der Waals surface area contributed by atoms with Crippen LogP contribution in [0, 0.1) is 0 Å². The summed E-state index contributed by atoms with van der Waals surface area (Å²) in [5, 5.41) is 4.10. The molecule has 114 valence electrons. The lowest BCUT2D eigenvalue weighted by molar-refractivity contribution is 0.353. The van der Waals surface area contributed by atoms with Gasteiger partial charge in [0.05, 0.1) is 20.3 Å². The van der Waals surface area contributed by atoms with Crippen LogP contribution in [0.2, 0.25) is 0 Å². The summed E-state index contributed by atoms with van der Waals surface area (Å²) in [5.41, 5.74) is 7.63. The zero-order valence-electron chi connectivity index (χ0n) is 12.4. The predicted molar refractivity (Wildman–Crippen MR) is 84.6 cm³/mol. The number of rotatable bonds is 6. The highest BCUT2D eigenvalue weighted by molar-refractivity contribution is 9.10. The number of hydrogen-bond donors (Lipinski definition) is 1. The van der Waals surface area contributed by atoms with Gasteiger partial charge in [0.1, 0.15) is 5.69 Å². The SMILES string of the molecule is CCCC(N)c1cc(-c2cc(OC)c(OC)cc2Br)no1. The number of ether oxygens (including phenoxy) is 2. The molecule has 0 bridgehead atoms. The monoisotopic (exact) mass is 354 g/mol. The first-order valence-corrected chi connectivity index (χ1v) is 7.54. The second-order valence-corrected chi connectivity index (χ2v) is 5.55. The van der Waals surface area contributed by atoms with E-state index in [1.54, 1.807) is 14.2 Å². The Morgan fingerprint density at radius 2 is 1.90 bits per heavy atom. The molecule has 0 aliphatic carbocycles. The molecule has 21 heavy (non-hydrogen) atoms. The van der Waals surface area contributed by atoms with Crippen molar-refractivity contribution in [3.8, 4) is 22.8 Å². The highest BCUT2D eigenvalue weighted by atomic mass is 79.9. The van der Waals surface area contributed by atoms with Gasteiger partial charge in [0.15, 0.2) is 17.3 Å². The number of methoxy groups -OCH3 is 2. The van der Waals surface area contributed by atoms with Gasteiger partial charge < -0.3 is 19.7 Å². The Morgan fingerprint density at radius 3 is 2.52 bits per heavy atom. The molecule has 1 atom stereocenters. The Kier molecular flexibility index (Phi) is 5.25. The van der Waals surface area contributed by atoms with Gasteiger partial charge in [-0.1, -0.05) is 18.5 Å². The lowest BCUT2D eigenvalue weighted by Gasteiger charge is -2.10. The fourth-order valence-corrected chi connectivity index (χ4v) is 2.62. The Hall–Kier alpha value is -1.53. The van der Waals surface area contributed by atoms with Gasteiger partial charge in [0.25, 0.3) is 0 Å². The van der Waals surface area contributed by atoms with Crippen LogP contribution in [0.25, 0.3) is 11.3 Å². The van der Waals surface area contributed by atoms with Crippen LogP contribution in [0.3, 0.4) is 0 Å². The Labute approximate surface area is 132 Å². The van der Waals surface area contributed by atoms with Gasteiger partial charge in [-0.3, -0.25) is 0 Å². The van der Waals surface area contributed by atoms with Crippen LogP contribution in [-0.2, 0) is 0 Å². The molecule has 0 amide bonds. The third kappa shape index (κ3) is 3.39. The molecule has 5 nitrogen and oxygen atoms in total. The molecule has 1 aromatic heterocycles. The van der Waals surface area contributed by atoms with Gasteiger partial charge in [0.2, 0.25) is 0 Å². The quantitative estimate of drug-likeness (QED) is 0.850. The Morgan fingerprint density at radius 1 is 1.24 bits per heavy atom. The van der Waals surface area contributed by atoms with Crippen molar-refractivity contribution in [3.05, 3.63) is 28.4 Å². The van der Waals surface area contributed by atoms with Crippen molar-refractivity contribution in [2.24, 2.45) is 5.73 Å². The number of halogens is 1. The van der Waals surface area contributed by atoms with E-state index in [9.17, 15) is 0 Å². The molecule has 2 N–H and O–H groups in total. The summed E-state index contributed by atoms with van der Waals surface area (Å²) in [6.45, 7) is 2.09. The Bertz CT molecular complexity index is 613. The molecule has 0 radical (unpaired) electrons. The van der Waals surface area contributed by atoms with Crippen LogP contribution in [0.15, 0.2) is 27.2 Å². The second kappa shape index (κ2) is 6.95. The minimum Gasteiger partial charge on any atom is -0.493 e. The van der Waals surface area contributed by atoms with E-state index < -0.39 is 0 Å². The number of nitrogens with zero attached hydrogens (tertiary/aromatic N) is 1. The average molecular weight is 355 g/mol. The molecule has 1 unspecified atom stereocenters. The first-order chi connectivity index (χ1) is 10.1. The maximum atomic E-state index is 6.05. The summed E-state index contributed by atoms with van der Waals surface area (Å²) < 4.78 is 16.8. The Balaban J connectivity index is 2.38. The molecule has 0 saturated carbocycles. The molecule has 2 rings (SSSR count). The number of nitrogens with two attached hydrogens (primary N) is 1. The van der Waals surface area contributed by atoms with Crippen molar-refractivity contribution < 1.29 is 14.0 Å². The molecule has 1 aromatic carbocycles. The first-order valence-electron chi connectivity index (χ1n) is 6.74. The molecule has 6 heteroatoms. The fourth-order valence-electron chi connectivity index (χ4n) is 2.09. The summed E-state index contributed by atoms with van der Waals surface area (Å²) >= 11 is 3.52. The summed E-state index contributed by atoms with van der Waals surface area (Å²) in [6.07, 6.45) is 1.86. The molecular formula is C15H19BrN2O3. The van der Waals surface area contributed by atoms with Gasteiger partial charge >= 0.3 is 0 Å². The number of hydrogen-bond acceptors (Lipinski definition) is 5. The second-order valence-electron chi connectivity index (χ2n) is 4.70. The molecule has 1 heterocycles. The van der Waals surface area contributed by atoms with Crippen molar-refractivity contribution in [2.45, 2.75) is 25.8 Å². The van der Waals surface area contributed by atoms with Crippen molar-refractivity contribution in [2.75, 3.05) is 14.2 Å². The highest BCUT2D eigenvalue weighted by Crippen LogP contribution is 2.38. The van der Waals surface area contributed by atoms with Crippen molar-refractivity contribution in [3.63, 3.8) is 0 Å². The third-order valence-corrected chi connectivity index (χ3v) is 3.90. The summed E-state index contributed by atoms with van der Waals surface area (Å²) in [7, 11) is 3.20. The van der Waals surface area contributed by atoms with Crippen LogP contribution in [0.1, 0.15) is 31.6 Å². The van der Waals surface area contributed by atoms with E-state index in [1.165, 1.54) is 0 Å². The lowest BCUT2D eigenvalue weighted by Crippen LogP contribution is -2.08. The average Bonchev–Trinajstić information content (AvgIpc) is 2.96. The van der Waals surface area contributed by atoms with E-state index >= 15 is 0 Å². The van der Waals surface area contributed by atoms with Gasteiger partial charge in [-0.15, -0.1) is 0 Å². The van der Waals surface area contributed by atoms with Crippen LogP contribution in [0.4, 0.5) is 0 Å². The van der Waals surface area contributed by atoms with Gasteiger partial charge in [-0.05, 0) is 34.5 Å². The zero-order chi connectivity index (χ0) is 15.4.